The van der Waals surface area contributed by atoms with E-state index in [4.69, 9.17) is 40.0 Å². The van der Waals surface area contributed by atoms with Crippen molar-refractivity contribution in [2.45, 2.75) is 135 Å². The third-order valence-corrected chi connectivity index (χ3v) is 14.4. The summed E-state index contributed by atoms with van der Waals surface area (Å²) in [4.78, 5) is 95.5. The van der Waals surface area contributed by atoms with Crippen LogP contribution in [0.1, 0.15) is 92.6 Å². The molecule has 0 saturated carbocycles. The van der Waals surface area contributed by atoms with Crippen LogP contribution in [0.4, 0.5) is 10.5 Å². The Morgan fingerprint density at radius 2 is 1.72 bits per heavy atom. The number of imide groups is 1. The zero-order chi connectivity index (χ0) is 52.2. The molecule has 6 rings (SSSR count). The van der Waals surface area contributed by atoms with Gasteiger partial charge in [-0.25, -0.2) is 4.79 Å². The Labute approximate surface area is 420 Å². The van der Waals surface area contributed by atoms with Crippen molar-refractivity contribution in [2.75, 3.05) is 59.0 Å². The van der Waals surface area contributed by atoms with E-state index in [9.17, 15) is 38.7 Å². The van der Waals surface area contributed by atoms with E-state index in [1.807, 2.05) is 47.6 Å². The lowest BCUT2D eigenvalue weighted by molar-refractivity contribution is -0.161. The zero-order valence-corrected chi connectivity index (χ0v) is 43.2. The number of rotatable bonds is 14. The molecule has 3 saturated heterocycles. The monoisotopic (exact) mass is 1010 g/mol. The van der Waals surface area contributed by atoms with Gasteiger partial charge in [0.15, 0.2) is 5.72 Å². The number of carbonyl (C=O) groups is 7. The molecular weight excluding hydrogens is 942 g/mol. The number of amides is 6. The highest BCUT2D eigenvalue weighted by Gasteiger charge is 2.64. The van der Waals surface area contributed by atoms with Gasteiger partial charge in [0.1, 0.15) is 34.7 Å². The molecule has 19 nitrogen and oxygen atoms in total. The number of hydrogen-bond donors (Lipinski definition) is 3. The summed E-state index contributed by atoms with van der Waals surface area (Å²) in [5.74, 6) is -3.11. The third-order valence-electron chi connectivity index (χ3n) is 14.0. The number of anilines is 1. The maximum atomic E-state index is 14.4. The number of benzene rings is 1. The number of likely N-dealkylation sites (tertiary alicyclic amines) is 1. The number of piperidine rings is 1. The van der Waals surface area contributed by atoms with E-state index in [0.717, 1.165) is 16.0 Å². The summed E-state index contributed by atoms with van der Waals surface area (Å²) in [6.45, 7) is 14.0. The van der Waals surface area contributed by atoms with Crippen LogP contribution in [0.5, 0.6) is 5.75 Å². The largest absolute Gasteiger partial charge is 0.495 e. The molecule has 4 bridgehead atoms. The lowest BCUT2D eigenvalue weighted by Gasteiger charge is -2.42. The van der Waals surface area contributed by atoms with Gasteiger partial charge in [-0.2, -0.15) is 0 Å². The van der Waals surface area contributed by atoms with Crippen LogP contribution in [0.15, 0.2) is 48.1 Å². The molecule has 0 radical (unpaired) electrons. The van der Waals surface area contributed by atoms with Crippen molar-refractivity contribution in [3.05, 3.63) is 58.7 Å². The number of esters is 1. The first kappa shape index (κ1) is 55.0. The van der Waals surface area contributed by atoms with Gasteiger partial charge >= 0.3 is 12.1 Å². The molecule has 0 spiro atoms. The number of carbonyl (C=O) groups excluding carboxylic acids is 7. The van der Waals surface area contributed by atoms with Crippen LogP contribution in [0.25, 0.3) is 0 Å². The van der Waals surface area contributed by atoms with Gasteiger partial charge in [0.25, 0.3) is 11.8 Å². The minimum absolute atomic E-state index is 0.0164. The van der Waals surface area contributed by atoms with Gasteiger partial charge in [0, 0.05) is 76.7 Å². The average Bonchev–Trinajstić information content (AvgIpc) is 3.91. The lowest BCUT2D eigenvalue weighted by atomic mass is 9.83. The Hall–Kier alpha value is -5.34. The van der Waals surface area contributed by atoms with Crippen molar-refractivity contribution in [1.82, 2.24) is 20.4 Å². The van der Waals surface area contributed by atoms with Crippen molar-refractivity contribution in [3.63, 3.8) is 0 Å². The molecule has 1 aromatic carbocycles. The maximum absolute atomic E-state index is 14.4. The highest BCUT2D eigenvalue weighted by atomic mass is 35.5. The fourth-order valence-electron chi connectivity index (χ4n) is 9.47. The van der Waals surface area contributed by atoms with Crippen LogP contribution >= 0.6 is 11.6 Å². The van der Waals surface area contributed by atoms with E-state index in [0.29, 0.717) is 30.7 Å². The number of epoxide rings is 1. The van der Waals surface area contributed by atoms with Crippen molar-refractivity contribution in [2.24, 2.45) is 17.3 Å². The molecule has 71 heavy (non-hydrogen) atoms. The molecule has 5 aliphatic heterocycles. The van der Waals surface area contributed by atoms with Gasteiger partial charge in [0.05, 0.1) is 49.9 Å². The van der Waals surface area contributed by atoms with Crippen molar-refractivity contribution in [3.8, 4) is 5.75 Å². The number of ether oxygens (including phenoxy) is 6. The fraction of sp³-hybridized carbons (Fsp3) is 0.627. The Morgan fingerprint density at radius 3 is 2.37 bits per heavy atom. The molecule has 20 heteroatoms. The highest BCUT2D eigenvalue weighted by molar-refractivity contribution is 6.35. The van der Waals surface area contributed by atoms with E-state index in [-0.39, 0.29) is 75.3 Å². The number of halogens is 1. The molecule has 0 aliphatic carbocycles. The van der Waals surface area contributed by atoms with Gasteiger partial charge in [-0.1, -0.05) is 56.2 Å². The molecule has 0 aromatic heterocycles. The van der Waals surface area contributed by atoms with Crippen molar-refractivity contribution < 1.29 is 67.1 Å². The molecule has 1 unspecified atom stereocenters. The third kappa shape index (κ3) is 13.4. The Bertz CT molecular complexity index is 2310. The molecule has 7 atom stereocenters. The first-order valence-corrected chi connectivity index (χ1v) is 24.5. The molecule has 5 aliphatic rings. The maximum Gasteiger partial charge on any atom is 0.409 e. The van der Waals surface area contributed by atoms with E-state index < -0.39 is 88.4 Å². The first-order valence-electron chi connectivity index (χ1n) is 24.1. The second-order valence-corrected chi connectivity index (χ2v) is 21.3. The molecule has 3 N–H and O–H groups in total. The summed E-state index contributed by atoms with van der Waals surface area (Å²) in [5, 5.41) is 17.4. The number of methoxy groups -OCH3 is 2. The lowest BCUT2D eigenvalue weighted by Crippen LogP contribution is -2.63. The van der Waals surface area contributed by atoms with Crippen molar-refractivity contribution in [1.29, 1.82) is 0 Å². The van der Waals surface area contributed by atoms with Crippen molar-refractivity contribution >= 4 is 58.9 Å². The van der Waals surface area contributed by atoms with Crippen LogP contribution < -0.4 is 20.3 Å². The van der Waals surface area contributed by atoms with Gasteiger partial charge < -0.3 is 48.6 Å². The number of aliphatic hydroxyl groups is 1. The molecule has 3 fully saturated rings. The molecular formula is C51H70ClN5O14. The van der Waals surface area contributed by atoms with Crippen LogP contribution in [0.2, 0.25) is 5.02 Å². The minimum Gasteiger partial charge on any atom is -0.495 e. The minimum atomic E-state index is -1.85. The van der Waals surface area contributed by atoms with E-state index >= 15 is 0 Å². The summed E-state index contributed by atoms with van der Waals surface area (Å²) < 4.78 is 35.9. The SMILES string of the molecule is COc1cc2cc(c1Cl)N(C)C(=O)C[C@H](OC(=O)C1CCN(C(=O)CC(C)(C)OCC(C)(C)CNC(=O)CCN3C(=O)C=CC3=O)CC1)[C@@]1(C)O[C@H]1[C@H](C)[C@@H]1C[C@@](O)(NC(=O)O1)C(OC)/C=C/C=C(\C)C2. The Kier molecular flexibility index (Phi) is 17.2. The topological polar surface area (TPSA) is 232 Å². The Morgan fingerprint density at radius 1 is 1.04 bits per heavy atom. The summed E-state index contributed by atoms with van der Waals surface area (Å²) in [6.07, 6.45) is 3.87. The normalized spacial score (nSPS) is 28.9. The predicted molar refractivity (Wildman–Crippen MR) is 260 cm³/mol. The molecule has 5 heterocycles. The van der Waals surface area contributed by atoms with E-state index in [1.165, 1.54) is 31.3 Å². The van der Waals surface area contributed by atoms with Gasteiger partial charge in [-0.05, 0) is 64.7 Å². The van der Waals surface area contributed by atoms with Gasteiger partial charge in [-0.3, -0.25) is 39.0 Å². The smallest absolute Gasteiger partial charge is 0.409 e. The fourth-order valence-corrected chi connectivity index (χ4v) is 9.78. The van der Waals surface area contributed by atoms with E-state index in [1.54, 1.807) is 43.2 Å². The molecule has 6 amide bonds. The molecule has 1 aromatic rings. The summed E-state index contributed by atoms with van der Waals surface area (Å²) >= 11 is 6.83. The predicted octanol–water partition coefficient (Wildman–Crippen LogP) is 4.55. The van der Waals surface area contributed by atoms with Crippen LogP contribution in [-0.2, 0) is 58.9 Å². The Balaban J connectivity index is 1.11. The van der Waals surface area contributed by atoms with Crippen LogP contribution in [-0.4, -0.2) is 152 Å². The highest BCUT2D eigenvalue weighted by Crippen LogP contribution is 2.49. The quantitative estimate of drug-likeness (QED) is 0.132. The number of allylic oxidation sites excluding steroid dienone is 3. The number of hydrogen-bond acceptors (Lipinski definition) is 14. The second-order valence-electron chi connectivity index (χ2n) is 21.0. The number of fused-ring (bicyclic) bond motifs is 5. The summed E-state index contributed by atoms with van der Waals surface area (Å²) in [5.41, 5.74) is -2.35. The summed E-state index contributed by atoms with van der Waals surface area (Å²) in [6, 6.07) is 3.59. The van der Waals surface area contributed by atoms with Crippen LogP contribution in [0, 0.1) is 17.3 Å². The first-order chi connectivity index (χ1) is 33.3. The number of alkyl carbamates (subject to hydrolysis) is 1. The van der Waals surface area contributed by atoms with Crippen LogP contribution in [0.3, 0.4) is 0 Å². The number of nitrogens with zero attached hydrogens (tertiary/aromatic N) is 3. The number of nitrogens with one attached hydrogen (secondary N) is 2. The van der Waals surface area contributed by atoms with Gasteiger partial charge in [-0.15, -0.1) is 0 Å². The summed E-state index contributed by atoms with van der Waals surface area (Å²) in [7, 11) is 4.50. The van der Waals surface area contributed by atoms with E-state index in [2.05, 4.69) is 10.6 Å². The average molecular weight is 1010 g/mol. The standard InChI is InChI=1S/C51H70ClN5O14/c1-30-12-11-13-37(67-10)51(65)26-36(69-47(64)54-51)31(2)45-50(7,71-45)38(25-42(61)55(8)34-23-32(22-30)24-35(66-9)44(34)52)70-46(63)33-16-19-56(20-17-33)43(62)27-49(5,6)68-29-48(3,4)28-53-39(58)18-21-57-40(59)14-15-41(57)60/h11-15,23-24,31,33,36-38,45,65H,16-22,25-29H2,1-10H3,(H,53,58)(H,54,64)/b13-11+,30-12+/t31-,36+,37?,38+,45+,50-,51+/m1/s1. The zero-order valence-electron chi connectivity index (χ0n) is 42.5. The van der Waals surface area contributed by atoms with Gasteiger partial charge in [0.2, 0.25) is 17.7 Å². The molecule has 390 valence electrons. The second kappa shape index (κ2) is 22.2.